The number of carboxylic acids is 2. The lowest BCUT2D eigenvalue weighted by atomic mass is 9.77. The molecule has 16 heteroatoms. The fraction of sp³-hybridized carbons (Fsp3) is 0.500. The van der Waals surface area contributed by atoms with Gasteiger partial charge in [0.15, 0.2) is 10.9 Å². The molecule has 0 bridgehead atoms. The number of hydrogen-bond acceptors (Lipinski definition) is 10. The number of pyridine rings is 2. The van der Waals surface area contributed by atoms with Crippen molar-refractivity contribution in [2.45, 2.75) is 90.5 Å². The first kappa shape index (κ1) is 45.9. The molecule has 4 heterocycles. The van der Waals surface area contributed by atoms with Gasteiger partial charge < -0.3 is 47.8 Å². The van der Waals surface area contributed by atoms with E-state index in [4.69, 9.17) is 51.6 Å². The van der Waals surface area contributed by atoms with E-state index in [1.54, 1.807) is 26.4 Å². The minimum Gasteiger partial charge on any atom is -0.491 e. The molecule has 14 nitrogen and oxygen atoms in total. The first-order chi connectivity index (χ1) is 30.3. The van der Waals surface area contributed by atoms with Crippen LogP contribution in [-0.2, 0) is 31.8 Å². The van der Waals surface area contributed by atoms with Gasteiger partial charge in [-0.15, -0.1) is 0 Å². The summed E-state index contributed by atoms with van der Waals surface area (Å²) in [5.41, 5.74) is 1.50. The summed E-state index contributed by atoms with van der Waals surface area (Å²) in [5, 5.41) is 20.4. The second kappa shape index (κ2) is 17.6. The fourth-order valence-corrected chi connectivity index (χ4v) is 9.83. The zero-order chi connectivity index (χ0) is 45.9. The smallest absolute Gasteiger partial charge is 0.341 e. The second-order valence-corrected chi connectivity index (χ2v) is 20.0. The third-order valence-electron chi connectivity index (χ3n) is 13.5. The van der Waals surface area contributed by atoms with Gasteiger partial charge in [-0.1, -0.05) is 50.9 Å². The van der Waals surface area contributed by atoms with Crippen LogP contribution in [0.4, 0.5) is 0 Å². The summed E-state index contributed by atoms with van der Waals surface area (Å²) >= 11 is 13.6. The van der Waals surface area contributed by atoms with Crippen molar-refractivity contribution in [1.82, 2.24) is 9.13 Å². The highest BCUT2D eigenvalue weighted by atomic mass is 35.5. The molecule has 2 N–H and O–H groups in total. The lowest BCUT2D eigenvalue weighted by Gasteiger charge is -2.41. The van der Waals surface area contributed by atoms with E-state index >= 15 is 0 Å². The molecule has 0 saturated heterocycles. The molecule has 0 unspecified atom stereocenters. The van der Waals surface area contributed by atoms with E-state index in [0.29, 0.717) is 65.6 Å². The maximum atomic E-state index is 13.0. The minimum absolute atomic E-state index is 0.0144. The van der Waals surface area contributed by atoms with Crippen molar-refractivity contribution in [2.75, 3.05) is 47.4 Å². The van der Waals surface area contributed by atoms with Crippen LogP contribution in [0.25, 0.3) is 22.5 Å². The monoisotopic (exact) mass is 920 g/mol. The van der Waals surface area contributed by atoms with Gasteiger partial charge in [-0.3, -0.25) is 9.59 Å². The Kier molecular flexibility index (Phi) is 12.6. The molecule has 2 aliphatic carbocycles. The van der Waals surface area contributed by atoms with Crippen molar-refractivity contribution >= 4 is 35.1 Å². The maximum absolute atomic E-state index is 13.0. The molecule has 342 valence electrons. The number of benzene rings is 2. The molecule has 0 spiro atoms. The van der Waals surface area contributed by atoms with E-state index in [0.717, 1.165) is 47.9 Å². The van der Waals surface area contributed by atoms with Gasteiger partial charge in [-0.05, 0) is 61.1 Å². The lowest BCUT2D eigenvalue weighted by molar-refractivity contribution is -0.0977. The van der Waals surface area contributed by atoms with Crippen LogP contribution in [-0.4, -0.2) is 90.9 Å². The third-order valence-corrected chi connectivity index (χ3v) is 14.1. The van der Waals surface area contributed by atoms with Crippen molar-refractivity contribution in [3.05, 3.63) is 102 Å². The number of rotatable bonds is 18. The highest BCUT2D eigenvalue weighted by Gasteiger charge is 2.45. The summed E-state index contributed by atoms with van der Waals surface area (Å²) in [7, 11) is 3.31. The van der Waals surface area contributed by atoms with E-state index in [9.17, 15) is 29.4 Å². The quantitative estimate of drug-likeness (QED) is 0.0723. The molecule has 8 rings (SSSR count). The van der Waals surface area contributed by atoms with E-state index in [1.807, 2.05) is 49.0 Å². The number of aromatic carboxylic acids is 2. The van der Waals surface area contributed by atoms with Crippen LogP contribution in [0, 0.1) is 16.2 Å². The van der Waals surface area contributed by atoms with Crippen molar-refractivity contribution in [2.24, 2.45) is 16.2 Å². The normalized spacial score (nSPS) is 20.6. The molecular formula is C48H54Cl2N2O12. The highest BCUT2D eigenvalue weighted by molar-refractivity contribution is 6.32. The first-order valence-corrected chi connectivity index (χ1v) is 22.2. The molecule has 2 saturated carbocycles. The Bertz CT molecular complexity index is 2610. The van der Waals surface area contributed by atoms with Gasteiger partial charge in [-0.25, -0.2) is 9.59 Å². The van der Waals surface area contributed by atoms with Crippen molar-refractivity contribution in [1.29, 1.82) is 0 Å². The number of carboxylic acid groups (broad SMARTS) is 2. The molecule has 2 aromatic carbocycles. The summed E-state index contributed by atoms with van der Waals surface area (Å²) in [6.07, 6.45) is 7.35. The molecular weight excluding hydrogens is 867 g/mol. The van der Waals surface area contributed by atoms with E-state index < -0.39 is 33.6 Å². The molecule has 2 fully saturated rings. The van der Waals surface area contributed by atoms with Gasteiger partial charge in [0.25, 0.3) is 0 Å². The largest absolute Gasteiger partial charge is 0.491 e. The molecule has 64 heavy (non-hydrogen) atoms. The third kappa shape index (κ3) is 8.97. The average Bonchev–Trinajstić information content (AvgIpc) is 3.99. The van der Waals surface area contributed by atoms with E-state index in [1.165, 1.54) is 24.5 Å². The van der Waals surface area contributed by atoms with Gasteiger partial charge in [0.05, 0.1) is 54.0 Å². The maximum Gasteiger partial charge on any atom is 0.341 e. The van der Waals surface area contributed by atoms with Crippen molar-refractivity contribution in [3.63, 3.8) is 0 Å². The SMILES string of the molecule is COCC(C)(C)[C@@H]1Cc2cc(OCC3(COCOCC(C)(C)[C@@H]4Cc5cc(OC6CC(OC)C6)c(Cl)cc5-c5cc(=O)c(C(=O)O)cn54)CC3)c(Cl)cc2-c2cc(=O)c(C(=O)O)cn21. The Morgan fingerprint density at radius 1 is 0.719 bits per heavy atom. The van der Waals surface area contributed by atoms with Crippen LogP contribution >= 0.6 is 23.2 Å². The number of aromatic nitrogens is 2. The fourth-order valence-electron chi connectivity index (χ4n) is 9.40. The molecule has 2 atom stereocenters. The van der Waals surface area contributed by atoms with Gasteiger partial charge in [0.2, 0.25) is 0 Å². The van der Waals surface area contributed by atoms with Crippen LogP contribution in [0.15, 0.2) is 58.4 Å². The molecule has 0 radical (unpaired) electrons. The minimum atomic E-state index is -1.30. The summed E-state index contributed by atoms with van der Waals surface area (Å²) in [6, 6.07) is 9.63. The number of fused-ring (bicyclic) bond motifs is 6. The summed E-state index contributed by atoms with van der Waals surface area (Å²) in [4.78, 5) is 50.0. The molecule has 4 aromatic rings. The Labute approximate surface area is 380 Å². The van der Waals surface area contributed by atoms with Crippen molar-refractivity contribution in [3.8, 4) is 34.0 Å². The summed E-state index contributed by atoms with van der Waals surface area (Å²) < 4.78 is 39.6. The Hall–Kier alpha value is -4.70. The Morgan fingerprint density at radius 2 is 1.23 bits per heavy atom. The van der Waals surface area contributed by atoms with Crippen LogP contribution in [0.3, 0.4) is 0 Å². The summed E-state index contributed by atoms with van der Waals surface area (Å²) in [6.45, 7) is 9.63. The predicted octanol–water partition coefficient (Wildman–Crippen LogP) is 8.35. The molecule has 0 amide bonds. The topological polar surface area (TPSA) is 174 Å². The Balaban J connectivity index is 0.924. The predicted molar refractivity (Wildman–Crippen MR) is 240 cm³/mol. The first-order valence-electron chi connectivity index (χ1n) is 21.4. The van der Waals surface area contributed by atoms with Crippen molar-refractivity contribution < 1.29 is 48.2 Å². The second-order valence-electron chi connectivity index (χ2n) is 19.2. The number of carbonyl (C=O) groups is 2. The average molecular weight is 922 g/mol. The van der Waals surface area contributed by atoms with E-state index in [2.05, 4.69) is 0 Å². The highest BCUT2D eigenvalue weighted by Crippen LogP contribution is 2.50. The molecule has 2 aromatic heterocycles. The zero-order valence-electron chi connectivity index (χ0n) is 36.8. The standard InChI is InChI=1S/C48H54Cl2N2O12/c1-46(2,21-59-5)42-11-26-9-40(34(49)15-30(26)36-17-38(53)32(44(55)56)19-51(36)42)63-24-48(7-8-48)23-62-25-61-22-47(3,4)43-12-27-10-41(64-29-13-28(14-29)60-6)35(50)16-31(27)37-18-39(54)33(45(57)58)20-52(37)43/h9-10,15-20,28-29,42-43H,7-8,11-14,21-25H2,1-6H3,(H,55,56)(H,57,58)/t28?,29?,42-,43-/m0/s1. The summed E-state index contributed by atoms with van der Waals surface area (Å²) in [5.74, 6) is -1.51. The van der Waals surface area contributed by atoms with Crippen LogP contribution < -0.4 is 20.3 Å². The van der Waals surface area contributed by atoms with Gasteiger partial charge >= 0.3 is 11.9 Å². The molecule has 4 aliphatic rings. The zero-order valence-corrected chi connectivity index (χ0v) is 38.3. The van der Waals surface area contributed by atoms with E-state index in [-0.39, 0.29) is 54.2 Å². The van der Waals surface area contributed by atoms with Gasteiger partial charge in [0, 0.05) is 91.0 Å². The van der Waals surface area contributed by atoms with Crippen LogP contribution in [0.2, 0.25) is 10.0 Å². The van der Waals surface area contributed by atoms with Crippen LogP contribution in [0.5, 0.6) is 11.5 Å². The number of methoxy groups -OCH3 is 2. The number of hydrogen-bond donors (Lipinski definition) is 2. The Morgan fingerprint density at radius 3 is 1.73 bits per heavy atom. The van der Waals surface area contributed by atoms with Crippen LogP contribution in [0.1, 0.15) is 97.3 Å². The van der Waals surface area contributed by atoms with Gasteiger partial charge in [-0.2, -0.15) is 0 Å². The number of nitrogens with zero attached hydrogens (tertiary/aromatic N) is 2. The number of ether oxygens (including phenoxy) is 6. The lowest BCUT2D eigenvalue weighted by Crippen LogP contribution is -2.39. The van der Waals surface area contributed by atoms with Gasteiger partial charge in [0.1, 0.15) is 35.5 Å². The molecule has 2 aliphatic heterocycles. The number of halogens is 2.